The summed E-state index contributed by atoms with van der Waals surface area (Å²) < 4.78 is 5.61. The van der Waals surface area contributed by atoms with Crippen LogP contribution in [0.15, 0.2) is 6.20 Å². The van der Waals surface area contributed by atoms with E-state index in [-0.39, 0.29) is 0 Å². The molecule has 1 aliphatic heterocycles. The lowest BCUT2D eigenvalue weighted by molar-refractivity contribution is 0.118. The van der Waals surface area contributed by atoms with Crippen molar-refractivity contribution in [3.8, 4) is 0 Å². The number of hydrogen-bond acceptors (Lipinski definition) is 5. The molecule has 0 aliphatic carbocycles. The normalized spacial score (nSPS) is 26.1. The lowest BCUT2D eigenvalue weighted by atomic mass is 10.1. The number of nitrogens with one attached hydrogen (secondary N) is 1. The standard InChI is InChI=1S/C12H21N3OS/c1-8(13-3)11-7-14-12(17-11)15(4)10-5-6-16-9(10)2/h7-10,13H,5-6H2,1-4H3. The third-order valence-corrected chi connectivity index (χ3v) is 4.78. The maximum atomic E-state index is 5.61. The Hall–Kier alpha value is -0.650. The van der Waals surface area contributed by atoms with Crippen molar-refractivity contribution in [3.05, 3.63) is 11.1 Å². The van der Waals surface area contributed by atoms with Crippen molar-refractivity contribution in [2.75, 3.05) is 25.6 Å². The summed E-state index contributed by atoms with van der Waals surface area (Å²) in [5.74, 6) is 0. The van der Waals surface area contributed by atoms with Gasteiger partial charge in [-0.1, -0.05) is 0 Å². The highest BCUT2D eigenvalue weighted by molar-refractivity contribution is 7.15. The van der Waals surface area contributed by atoms with Crippen LogP contribution < -0.4 is 10.2 Å². The van der Waals surface area contributed by atoms with Gasteiger partial charge in [0.15, 0.2) is 5.13 Å². The number of hydrogen-bond donors (Lipinski definition) is 1. The van der Waals surface area contributed by atoms with Gasteiger partial charge in [0.2, 0.25) is 0 Å². The minimum absolute atomic E-state index is 0.300. The number of likely N-dealkylation sites (N-methyl/N-ethyl adjacent to an activating group) is 1. The Bertz CT molecular complexity index is 368. The van der Waals surface area contributed by atoms with E-state index in [4.69, 9.17) is 4.74 Å². The Kier molecular flexibility index (Phi) is 4.01. The first-order chi connectivity index (χ1) is 8.13. The van der Waals surface area contributed by atoms with Crippen LogP contribution in [0.4, 0.5) is 5.13 Å². The van der Waals surface area contributed by atoms with E-state index in [1.165, 1.54) is 4.88 Å². The summed E-state index contributed by atoms with van der Waals surface area (Å²) in [5, 5.41) is 4.33. The van der Waals surface area contributed by atoms with E-state index in [0.717, 1.165) is 18.2 Å². The zero-order chi connectivity index (χ0) is 12.4. The van der Waals surface area contributed by atoms with E-state index in [1.54, 1.807) is 11.3 Å². The molecule has 1 saturated heterocycles. The number of anilines is 1. The van der Waals surface area contributed by atoms with Crippen molar-refractivity contribution in [1.29, 1.82) is 0 Å². The van der Waals surface area contributed by atoms with Crippen LogP contribution in [0, 0.1) is 0 Å². The predicted molar refractivity (Wildman–Crippen MR) is 71.8 cm³/mol. The molecule has 0 spiro atoms. The fraction of sp³-hybridized carbons (Fsp3) is 0.750. The van der Waals surface area contributed by atoms with Crippen LogP contribution >= 0.6 is 11.3 Å². The number of ether oxygens (including phenoxy) is 1. The average Bonchev–Trinajstić information content (AvgIpc) is 2.95. The van der Waals surface area contributed by atoms with Gasteiger partial charge in [-0.05, 0) is 27.3 Å². The molecule has 2 heterocycles. The molecular weight excluding hydrogens is 234 g/mol. The van der Waals surface area contributed by atoms with Gasteiger partial charge in [-0.15, -0.1) is 11.3 Å². The number of nitrogens with zero attached hydrogens (tertiary/aromatic N) is 2. The third-order valence-electron chi connectivity index (χ3n) is 3.51. The second-order valence-corrected chi connectivity index (χ2v) is 5.64. The Morgan fingerprint density at radius 1 is 1.65 bits per heavy atom. The molecule has 1 aromatic heterocycles. The highest BCUT2D eigenvalue weighted by Gasteiger charge is 2.29. The van der Waals surface area contributed by atoms with Gasteiger partial charge in [0.05, 0.1) is 12.1 Å². The molecule has 1 fully saturated rings. The monoisotopic (exact) mass is 255 g/mol. The van der Waals surface area contributed by atoms with Crippen molar-refractivity contribution in [3.63, 3.8) is 0 Å². The topological polar surface area (TPSA) is 37.4 Å². The maximum Gasteiger partial charge on any atom is 0.185 e. The summed E-state index contributed by atoms with van der Waals surface area (Å²) >= 11 is 1.76. The molecule has 3 unspecified atom stereocenters. The van der Waals surface area contributed by atoms with Gasteiger partial charge >= 0.3 is 0 Å². The highest BCUT2D eigenvalue weighted by Crippen LogP contribution is 2.30. The first-order valence-corrected chi connectivity index (χ1v) is 6.92. The van der Waals surface area contributed by atoms with Crippen LogP contribution in [0.25, 0.3) is 0 Å². The molecule has 4 nitrogen and oxygen atoms in total. The van der Waals surface area contributed by atoms with E-state index >= 15 is 0 Å². The number of thiazole rings is 1. The Morgan fingerprint density at radius 2 is 2.41 bits per heavy atom. The van der Waals surface area contributed by atoms with Crippen LogP contribution in [-0.4, -0.2) is 37.8 Å². The average molecular weight is 255 g/mol. The molecule has 1 aromatic rings. The molecule has 0 aromatic carbocycles. The fourth-order valence-corrected chi connectivity index (χ4v) is 3.15. The van der Waals surface area contributed by atoms with Crippen molar-refractivity contribution in [2.24, 2.45) is 0 Å². The smallest absolute Gasteiger partial charge is 0.185 e. The van der Waals surface area contributed by atoms with Gasteiger partial charge < -0.3 is 15.0 Å². The fourth-order valence-electron chi connectivity index (χ4n) is 2.15. The van der Waals surface area contributed by atoms with Crippen LogP contribution in [0.2, 0.25) is 0 Å². The summed E-state index contributed by atoms with van der Waals surface area (Å²) in [7, 11) is 4.09. The van der Waals surface area contributed by atoms with E-state index < -0.39 is 0 Å². The number of aromatic nitrogens is 1. The summed E-state index contributed by atoms with van der Waals surface area (Å²) in [5.41, 5.74) is 0. The van der Waals surface area contributed by atoms with Crippen LogP contribution in [0.5, 0.6) is 0 Å². The second kappa shape index (κ2) is 5.33. The quantitative estimate of drug-likeness (QED) is 0.893. The van der Waals surface area contributed by atoms with Gasteiger partial charge in [0, 0.05) is 30.8 Å². The minimum Gasteiger partial charge on any atom is -0.376 e. The van der Waals surface area contributed by atoms with E-state index in [1.807, 2.05) is 13.2 Å². The number of rotatable bonds is 4. The lowest BCUT2D eigenvalue weighted by Crippen LogP contribution is -2.36. The van der Waals surface area contributed by atoms with E-state index in [0.29, 0.717) is 18.2 Å². The van der Waals surface area contributed by atoms with Gasteiger partial charge in [-0.2, -0.15) is 0 Å². The third kappa shape index (κ3) is 2.61. The Morgan fingerprint density at radius 3 is 3.00 bits per heavy atom. The van der Waals surface area contributed by atoms with Gasteiger partial charge in [-0.3, -0.25) is 0 Å². The predicted octanol–water partition coefficient (Wildman–Crippen LogP) is 2.04. The molecule has 0 radical (unpaired) electrons. The van der Waals surface area contributed by atoms with Gasteiger partial charge in [0.25, 0.3) is 0 Å². The molecule has 0 saturated carbocycles. The molecule has 1 N–H and O–H groups in total. The summed E-state index contributed by atoms with van der Waals surface area (Å²) in [4.78, 5) is 8.05. The molecule has 3 atom stereocenters. The summed E-state index contributed by atoms with van der Waals surface area (Å²) in [6, 6.07) is 0.825. The van der Waals surface area contributed by atoms with Crippen LogP contribution in [0.1, 0.15) is 31.2 Å². The molecule has 0 bridgehead atoms. The van der Waals surface area contributed by atoms with Crippen LogP contribution in [0.3, 0.4) is 0 Å². The van der Waals surface area contributed by atoms with Crippen molar-refractivity contribution in [2.45, 2.75) is 38.5 Å². The first-order valence-electron chi connectivity index (χ1n) is 6.11. The van der Waals surface area contributed by atoms with Crippen molar-refractivity contribution >= 4 is 16.5 Å². The molecular formula is C12H21N3OS. The summed E-state index contributed by atoms with van der Waals surface area (Å²) in [6.07, 6.45) is 3.36. The molecule has 96 valence electrons. The highest BCUT2D eigenvalue weighted by atomic mass is 32.1. The second-order valence-electron chi connectivity index (χ2n) is 4.60. The Balaban J connectivity index is 2.09. The van der Waals surface area contributed by atoms with E-state index in [9.17, 15) is 0 Å². The van der Waals surface area contributed by atoms with E-state index in [2.05, 4.69) is 36.1 Å². The molecule has 17 heavy (non-hydrogen) atoms. The molecule has 2 rings (SSSR count). The SMILES string of the molecule is CNC(C)c1cnc(N(C)C2CCOC2C)s1. The first kappa shape index (κ1) is 12.8. The van der Waals surface area contributed by atoms with Crippen LogP contribution in [-0.2, 0) is 4.74 Å². The van der Waals surface area contributed by atoms with Gasteiger partial charge in [0.1, 0.15) is 0 Å². The zero-order valence-corrected chi connectivity index (χ0v) is 11.8. The lowest BCUT2D eigenvalue weighted by Gasteiger charge is -2.26. The molecule has 0 amide bonds. The maximum absolute atomic E-state index is 5.61. The zero-order valence-electron chi connectivity index (χ0n) is 10.9. The summed E-state index contributed by atoms with van der Waals surface area (Å²) in [6.45, 7) is 5.15. The van der Waals surface area contributed by atoms with Gasteiger partial charge in [-0.25, -0.2) is 4.98 Å². The Labute approximate surface area is 107 Å². The minimum atomic E-state index is 0.300. The van der Waals surface area contributed by atoms with Crippen molar-refractivity contribution in [1.82, 2.24) is 10.3 Å². The van der Waals surface area contributed by atoms with Crippen molar-refractivity contribution < 1.29 is 4.74 Å². The largest absolute Gasteiger partial charge is 0.376 e. The molecule has 5 heteroatoms. The molecule has 1 aliphatic rings.